The first-order valence-corrected chi connectivity index (χ1v) is 8.57. The van der Waals surface area contributed by atoms with Crippen LogP contribution in [0.25, 0.3) is 0 Å². The number of hydrogen-bond donors (Lipinski definition) is 2. The molecule has 0 heterocycles. The second-order valence-electron chi connectivity index (χ2n) is 5.61. The zero-order chi connectivity index (χ0) is 20.4. The lowest BCUT2D eigenvalue weighted by molar-refractivity contribution is -0.385. The fraction of sp³-hybridized carbons (Fsp3) is 0.211. The van der Waals surface area contributed by atoms with Gasteiger partial charge in [-0.05, 0) is 37.3 Å². The third-order valence-electron chi connectivity index (χ3n) is 3.55. The normalized spacial score (nSPS) is 10.5. The molecule has 2 aromatic rings. The summed E-state index contributed by atoms with van der Waals surface area (Å²) in [7, 11) is 0. The van der Waals surface area contributed by atoms with E-state index in [0.29, 0.717) is 18.0 Å². The number of nitrogens with zero attached hydrogens (tertiary/aromatic N) is 2. The van der Waals surface area contributed by atoms with E-state index in [0.717, 1.165) is 0 Å². The van der Waals surface area contributed by atoms with Crippen LogP contribution >= 0.6 is 0 Å². The number of carbonyl (C=O) groups excluding carboxylic acids is 2. The van der Waals surface area contributed by atoms with E-state index in [1.165, 1.54) is 24.4 Å². The highest BCUT2D eigenvalue weighted by Gasteiger charge is 2.10. The van der Waals surface area contributed by atoms with Crippen LogP contribution in [0.2, 0.25) is 0 Å². The quantitative estimate of drug-likeness (QED) is 0.391. The first-order valence-electron chi connectivity index (χ1n) is 8.57. The lowest BCUT2D eigenvalue weighted by Crippen LogP contribution is -2.20. The van der Waals surface area contributed by atoms with E-state index in [9.17, 15) is 19.7 Å². The fourth-order valence-electron chi connectivity index (χ4n) is 2.24. The number of hydrazone groups is 1. The van der Waals surface area contributed by atoms with E-state index in [1.54, 1.807) is 30.3 Å². The van der Waals surface area contributed by atoms with Gasteiger partial charge < -0.3 is 10.1 Å². The summed E-state index contributed by atoms with van der Waals surface area (Å²) in [5.41, 5.74) is 3.00. The van der Waals surface area contributed by atoms with Crippen molar-refractivity contribution in [1.29, 1.82) is 0 Å². The van der Waals surface area contributed by atoms with Crippen molar-refractivity contribution in [2.75, 3.05) is 11.9 Å². The molecule has 9 nitrogen and oxygen atoms in total. The summed E-state index contributed by atoms with van der Waals surface area (Å²) in [5, 5.41) is 17.3. The Morgan fingerprint density at radius 1 is 1.11 bits per heavy atom. The molecule has 0 aliphatic heterocycles. The number of nitrogens with one attached hydrogen (secondary N) is 2. The minimum Gasteiger partial charge on any atom is -0.494 e. The summed E-state index contributed by atoms with van der Waals surface area (Å²) < 4.78 is 5.32. The van der Waals surface area contributed by atoms with Gasteiger partial charge in [-0.2, -0.15) is 5.10 Å². The maximum absolute atomic E-state index is 11.9. The predicted molar refractivity (Wildman–Crippen MR) is 104 cm³/mol. The Balaban J connectivity index is 1.77. The van der Waals surface area contributed by atoms with Gasteiger partial charge in [-0.1, -0.05) is 12.1 Å². The molecule has 0 aliphatic rings. The first-order chi connectivity index (χ1) is 13.5. The van der Waals surface area contributed by atoms with Crippen molar-refractivity contribution in [3.63, 3.8) is 0 Å². The van der Waals surface area contributed by atoms with Crippen LogP contribution in [-0.4, -0.2) is 29.6 Å². The van der Waals surface area contributed by atoms with Crippen molar-refractivity contribution < 1.29 is 19.2 Å². The predicted octanol–water partition coefficient (Wildman–Crippen LogP) is 2.86. The maximum Gasteiger partial charge on any atom is 0.278 e. The van der Waals surface area contributed by atoms with Crippen LogP contribution in [-0.2, 0) is 9.59 Å². The Morgan fingerprint density at radius 3 is 2.46 bits per heavy atom. The van der Waals surface area contributed by atoms with Gasteiger partial charge in [-0.25, -0.2) is 5.43 Å². The molecular weight excluding hydrogens is 364 g/mol. The number of rotatable bonds is 9. The average Bonchev–Trinajstić information content (AvgIpc) is 2.68. The largest absolute Gasteiger partial charge is 0.494 e. The lowest BCUT2D eigenvalue weighted by atomic mass is 10.2. The van der Waals surface area contributed by atoms with E-state index in [1.807, 2.05) is 6.92 Å². The topological polar surface area (TPSA) is 123 Å². The van der Waals surface area contributed by atoms with E-state index < -0.39 is 10.8 Å². The van der Waals surface area contributed by atoms with Gasteiger partial charge in [0.1, 0.15) is 5.75 Å². The molecule has 0 aliphatic carbocycles. The van der Waals surface area contributed by atoms with Gasteiger partial charge in [0.2, 0.25) is 11.8 Å². The molecule has 0 bridgehead atoms. The molecule has 2 N–H and O–H groups in total. The summed E-state index contributed by atoms with van der Waals surface area (Å²) in [6, 6.07) is 12.9. The molecule has 28 heavy (non-hydrogen) atoms. The number of nitro benzene ring substituents is 1. The molecule has 2 amide bonds. The van der Waals surface area contributed by atoms with Gasteiger partial charge in [-0.15, -0.1) is 0 Å². The third-order valence-corrected chi connectivity index (χ3v) is 3.55. The molecule has 2 rings (SSSR count). The summed E-state index contributed by atoms with van der Waals surface area (Å²) in [5.74, 6) is -0.0879. The van der Waals surface area contributed by atoms with Gasteiger partial charge >= 0.3 is 0 Å². The summed E-state index contributed by atoms with van der Waals surface area (Å²) in [4.78, 5) is 34.0. The highest BCUT2D eigenvalue weighted by atomic mass is 16.6. The standard InChI is InChI=1S/C19H20N4O5/c1-2-28-16-9-7-15(8-10-16)21-18(24)11-12-19(25)22-20-13-14-5-3-4-6-17(14)23(26)27/h3-10,13H,2,11-12H2,1H3,(H,21,24)(H,22,25)/b20-13+. The van der Waals surface area contributed by atoms with Gasteiger partial charge in [0, 0.05) is 24.6 Å². The van der Waals surface area contributed by atoms with E-state index in [-0.39, 0.29) is 30.0 Å². The molecule has 0 saturated carbocycles. The molecule has 0 unspecified atom stereocenters. The van der Waals surface area contributed by atoms with Crippen molar-refractivity contribution in [3.8, 4) is 5.75 Å². The number of nitro groups is 1. The molecular formula is C19H20N4O5. The van der Waals surface area contributed by atoms with Crippen LogP contribution in [0.5, 0.6) is 5.75 Å². The summed E-state index contributed by atoms with van der Waals surface area (Å²) in [6.45, 7) is 2.44. The molecule has 146 valence electrons. The van der Waals surface area contributed by atoms with Crippen LogP contribution in [0, 0.1) is 10.1 Å². The summed E-state index contributed by atoms with van der Waals surface area (Å²) in [6.07, 6.45) is 1.09. The Labute approximate surface area is 161 Å². The summed E-state index contributed by atoms with van der Waals surface area (Å²) >= 11 is 0. The molecule has 9 heteroatoms. The number of carbonyl (C=O) groups is 2. The second-order valence-corrected chi connectivity index (χ2v) is 5.61. The number of amides is 2. The van der Waals surface area contributed by atoms with E-state index >= 15 is 0 Å². The molecule has 0 radical (unpaired) electrons. The van der Waals surface area contributed by atoms with E-state index in [2.05, 4.69) is 15.8 Å². The van der Waals surface area contributed by atoms with Crippen LogP contribution in [0.15, 0.2) is 53.6 Å². The zero-order valence-electron chi connectivity index (χ0n) is 15.3. The Bertz CT molecular complexity index is 865. The van der Waals surface area contributed by atoms with Gasteiger partial charge in [-0.3, -0.25) is 19.7 Å². The van der Waals surface area contributed by atoms with Crippen molar-refractivity contribution in [2.24, 2.45) is 5.10 Å². The highest BCUT2D eigenvalue weighted by molar-refractivity contribution is 5.93. The SMILES string of the molecule is CCOc1ccc(NC(=O)CCC(=O)N/N=C/c2ccccc2[N+](=O)[O-])cc1. The van der Waals surface area contributed by atoms with Crippen molar-refractivity contribution >= 4 is 29.4 Å². The van der Waals surface area contributed by atoms with Crippen molar-refractivity contribution in [3.05, 3.63) is 64.2 Å². The van der Waals surface area contributed by atoms with Crippen molar-refractivity contribution in [1.82, 2.24) is 5.43 Å². The zero-order valence-corrected chi connectivity index (χ0v) is 15.3. The van der Waals surface area contributed by atoms with Crippen LogP contribution < -0.4 is 15.5 Å². The third kappa shape index (κ3) is 6.52. The van der Waals surface area contributed by atoms with Crippen molar-refractivity contribution in [2.45, 2.75) is 19.8 Å². The Kier molecular flexibility index (Phi) is 7.64. The molecule has 0 fully saturated rings. The maximum atomic E-state index is 11.9. The number of hydrogen-bond acceptors (Lipinski definition) is 6. The molecule has 0 saturated heterocycles. The number of para-hydroxylation sites is 1. The molecule has 0 atom stereocenters. The Morgan fingerprint density at radius 2 is 1.79 bits per heavy atom. The minimum absolute atomic E-state index is 0.0277. The van der Waals surface area contributed by atoms with Crippen LogP contribution in [0.1, 0.15) is 25.3 Å². The van der Waals surface area contributed by atoms with Crippen LogP contribution in [0.4, 0.5) is 11.4 Å². The van der Waals surface area contributed by atoms with Gasteiger partial charge in [0.25, 0.3) is 5.69 Å². The van der Waals surface area contributed by atoms with E-state index in [4.69, 9.17) is 4.74 Å². The highest BCUT2D eigenvalue weighted by Crippen LogP contribution is 2.16. The smallest absolute Gasteiger partial charge is 0.278 e. The minimum atomic E-state index is -0.533. The number of ether oxygens (including phenoxy) is 1. The van der Waals surface area contributed by atoms with Gasteiger partial charge in [0.05, 0.1) is 23.3 Å². The average molecular weight is 384 g/mol. The fourth-order valence-corrected chi connectivity index (χ4v) is 2.24. The number of benzene rings is 2. The molecule has 2 aromatic carbocycles. The second kappa shape index (κ2) is 10.4. The number of anilines is 1. The molecule has 0 aromatic heterocycles. The first kappa shape index (κ1) is 20.6. The Hall–Kier alpha value is -3.75. The lowest BCUT2D eigenvalue weighted by Gasteiger charge is -2.07. The molecule has 0 spiro atoms. The van der Waals surface area contributed by atoms with Crippen LogP contribution in [0.3, 0.4) is 0 Å². The monoisotopic (exact) mass is 384 g/mol. The van der Waals surface area contributed by atoms with Gasteiger partial charge in [0.15, 0.2) is 0 Å².